The van der Waals surface area contributed by atoms with E-state index in [-0.39, 0.29) is 18.1 Å². The minimum Gasteiger partial charge on any atom is -0.464 e. The number of aliphatic hydroxyl groups excluding tert-OH is 1. The fourth-order valence-electron chi connectivity index (χ4n) is 3.12. The molecule has 3 atom stereocenters. The van der Waals surface area contributed by atoms with Gasteiger partial charge in [-0.3, -0.25) is 10.0 Å². The predicted molar refractivity (Wildman–Crippen MR) is 96.3 cm³/mol. The van der Waals surface area contributed by atoms with E-state index in [1.807, 2.05) is 6.92 Å². The minimum atomic E-state index is -2.37. The summed E-state index contributed by atoms with van der Waals surface area (Å²) in [6, 6.07) is 6.56. The fourth-order valence-corrected chi connectivity index (χ4v) is 3.12. The summed E-state index contributed by atoms with van der Waals surface area (Å²) in [7, 11) is 0. The molecule has 0 fully saturated rings. The molecule has 0 bridgehead atoms. The number of aliphatic hydroxyl groups is 1. The smallest absolute Gasteiger partial charge is 0.346 e. The topological polar surface area (TPSA) is 125 Å². The maximum atomic E-state index is 12.7. The average molecular weight is 393 g/mol. The number of ketones is 1. The summed E-state index contributed by atoms with van der Waals surface area (Å²) in [6.45, 7) is 5.88. The number of hydrogen-bond donors (Lipinski definition) is 1. The van der Waals surface area contributed by atoms with Crippen molar-refractivity contribution in [3.05, 3.63) is 40.6 Å². The summed E-state index contributed by atoms with van der Waals surface area (Å²) in [5.41, 5.74) is -1.68. The Morgan fingerprint density at radius 2 is 1.79 bits per heavy atom. The van der Waals surface area contributed by atoms with Gasteiger partial charge in [0, 0.05) is 4.90 Å². The Bertz CT molecular complexity index is 801. The van der Waals surface area contributed by atoms with Crippen LogP contribution in [0.4, 0.5) is 0 Å². The molecule has 0 aliphatic carbocycles. The number of aryl methyl sites for hydroxylation is 1. The van der Waals surface area contributed by atoms with Crippen molar-refractivity contribution < 1.29 is 38.7 Å². The molecule has 9 heteroatoms. The van der Waals surface area contributed by atoms with Gasteiger partial charge in [0.05, 0.1) is 13.2 Å². The number of Topliss-reactive ketones (excluding diaryl/α,β-unsaturated/α-hetero) is 1. The lowest BCUT2D eigenvalue weighted by Gasteiger charge is -2.30. The van der Waals surface area contributed by atoms with Crippen molar-refractivity contribution in [2.24, 2.45) is 0 Å². The van der Waals surface area contributed by atoms with Crippen LogP contribution in [0.5, 0.6) is 0 Å². The molecule has 152 valence electrons. The predicted octanol–water partition coefficient (Wildman–Crippen LogP) is 0.790. The summed E-state index contributed by atoms with van der Waals surface area (Å²) in [5.74, 6) is -4.35. The third kappa shape index (κ3) is 3.57. The number of nitrogens with zero attached hydrogens (tertiary/aromatic N) is 1. The molecule has 0 saturated heterocycles. The van der Waals surface area contributed by atoms with Gasteiger partial charge in [0.2, 0.25) is 11.7 Å². The minimum absolute atomic E-state index is 0.0339. The van der Waals surface area contributed by atoms with Gasteiger partial charge in [-0.25, -0.2) is 9.59 Å². The Morgan fingerprint density at radius 3 is 2.29 bits per heavy atom. The van der Waals surface area contributed by atoms with Gasteiger partial charge in [-0.05, 0) is 33.3 Å². The van der Waals surface area contributed by atoms with E-state index < -0.39 is 41.1 Å². The van der Waals surface area contributed by atoms with Gasteiger partial charge < -0.3 is 19.4 Å². The van der Waals surface area contributed by atoms with Crippen molar-refractivity contribution in [1.82, 2.24) is 0 Å². The maximum absolute atomic E-state index is 12.7. The van der Waals surface area contributed by atoms with Crippen LogP contribution in [0.15, 0.2) is 24.3 Å². The lowest BCUT2D eigenvalue weighted by molar-refractivity contribution is -0.745. The van der Waals surface area contributed by atoms with Crippen molar-refractivity contribution in [2.45, 2.75) is 45.3 Å². The quantitative estimate of drug-likeness (QED) is 0.409. The van der Waals surface area contributed by atoms with Crippen LogP contribution in [0, 0.1) is 12.1 Å². The van der Waals surface area contributed by atoms with Crippen LogP contribution in [-0.2, 0) is 28.7 Å². The van der Waals surface area contributed by atoms with E-state index in [2.05, 4.69) is 0 Å². The Morgan fingerprint density at radius 1 is 1.21 bits per heavy atom. The van der Waals surface area contributed by atoms with Gasteiger partial charge in [0.1, 0.15) is 5.92 Å². The molecule has 1 heterocycles. The summed E-state index contributed by atoms with van der Waals surface area (Å²) in [4.78, 5) is 42.3. The largest absolute Gasteiger partial charge is 0.464 e. The first-order valence-corrected chi connectivity index (χ1v) is 8.83. The molecule has 0 aromatic heterocycles. The second-order valence-electron chi connectivity index (χ2n) is 6.28. The highest BCUT2D eigenvalue weighted by atomic mass is 16.9. The van der Waals surface area contributed by atoms with Gasteiger partial charge in [-0.2, -0.15) is 0 Å². The highest BCUT2D eigenvalue weighted by molar-refractivity contribution is 6.17. The fraction of sp³-hybridized carbons (Fsp3) is 0.474. The number of hydrogen-bond acceptors (Lipinski definition) is 8. The standard InChI is InChI=1S/C19H23NO8/c1-5-26-17(23)16(22)15-14(13-9-7-11(3)8-10-13)19(12(4)21,28-20(15)25)18(24)27-6-2/h7-10,14,16,22H,5-6H2,1-4H3/t14-,16-,19?/m1/s1. The second-order valence-corrected chi connectivity index (χ2v) is 6.28. The molecule has 0 radical (unpaired) electrons. The van der Waals surface area contributed by atoms with Crippen LogP contribution in [0.3, 0.4) is 0 Å². The van der Waals surface area contributed by atoms with E-state index in [0.29, 0.717) is 5.56 Å². The van der Waals surface area contributed by atoms with Crippen molar-refractivity contribution in [3.8, 4) is 0 Å². The monoisotopic (exact) mass is 393 g/mol. The molecule has 28 heavy (non-hydrogen) atoms. The number of ether oxygens (including phenoxy) is 2. The molecule has 1 aliphatic heterocycles. The Kier molecular flexibility index (Phi) is 6.40. The molecule has 1 unspecified atom stereocenters. The molecule has 0 amide bonds. The van der Waals surface area contributed by atoms with Gasteiger partial charge in [0.15, 0.2) is 5.78 Å². The molecule has 1 aromatic carbocycles. The van der Waals surface area contributed by atoms with Crippen molar-refractivity contribution >= 4 is 23.4 Å². The van der Waals surface area contributed by atoms with E-state index in [9.17, 15) is 24.7 Å². The Balaban J connectivity index is 2.68. The first kappa shape index (κ1) is 21.4. The van der Waals surface area contributed by atoms with Crippen LogP contribution in [0.1, 0.15) is 37.8 Å². The number of esters is 2. The summed E-state index contributed by atoms with van der Waals surface area (Å²) >= 11 is 0. The zero-order valence-corrected chi connectivity index (χ0v) is 16.1. The molecule has 1 aromatic rings. The van der Waals surface area contributed by atoms with E-state index in [1.54, 1.807) is 24.3 Å². The third-order valence-corrected chi connectivity index (χ3v) is 4.44. The molecule has 1 aliphatic rings. The zero-order chi connectivity index (χ0) is 21.1. The Labute approximate surface area is 162 Å². The van der Waals surface area contributed by atoms with E-state index in [1.165, 1.54) is 13.8 Å². The van der Waals surface area contributed by atoms with Gasteiger partial charge in [0.25, 0.3) is 5.71 Å². The number of rotatable bonds is 7. The van der Waals surface area contributed by atoms with E-state index >= 15 is 0 Å². The molecule has 0 spiro atoms. The summed E-state index contributed by atoms with van der Waals surface area (Å²) in [5, 5.41) is 23.0. The van der Waals surface area contributed by atoms with Crippen LogP contribution in [0.25, 0.3) is 0 Å². The van der Waals surface area contributed by atoms with E-state index in [4.69, 9.17) is 14.3 Å². The van der Waals surface area contributed by atoms with E-state index in [0.717, 1.165) is 12.5 Å². The highest BCUT2D eigenvalue weighted by Gasteiger charge is 2.64. The molecule has 0 saturated carbocycles. The van der Waals surface area contributed by atoms with Crippen LogP contribution in [0.2, 0.25) is 0 Å². The Hall–Kier alpha value is -2.94. The van der Waals surface area contributed by atoms with Crippen LogP contribution < -0.4 is 0 Å². The molecular weight excluding hydrogens is 370 g/mol. The lowest BCUT2D eigenvalue weighted by Crippen LogP contribution is -2.53. The number of carbonyl (C=O) groups is 3. The van der Waals surface area contributed by atoms with Crippen molar-refractivity contribution in [3.63, 3.8) is 0 Å². The molecule has 1 N–H and O–H groups in total. The van der Waals surface area contributed by atoms with Gasteiger partial charge in [-0.1, -0.05) is 29.8 Å². The normalized spacial score (nSPS) is 22.4. The van der Waals surface area contributed by atoms with Crippen LogP contribution in [-0.4, -0.2) is 58.4 Å². The molecular formula is C19H23NO8. The average Bonchev–Trinajstić information content (AvgIpc) is 2.96. The van der Waals surface area contributed by atoms with Crippen LogP contribution >= 0.6 is 0 Å². The zero-order valence-electron chi connectivity index (χ0n) is 16.1. The number of benzene rings is 1. The summed E-state index contributed by atoms with van der Waals surface area (Å²) < 4.78 is 9.76. The number of carbonyl (C=O) groups excluding carboxylic acids is 3. The first-order valence-electron chi connectivity index (χ1n) is 8.83. The lowest BCUT2D eigenvalue weighted by atomic mass is 9.75. The van der Waals surface area contributed by atoms with Crippen molar-refractivity contribution in [2.75, 3.05) is 13.2 Å². The third-order valence-electron chi connectivity index (χ3n) is 4.44. The second kappa shape index (κ2) is 8.39. The van der Waals surface area contributed by atoms with Gasteiger partial charge in [-0.15, -0.1) is 0 Å². The highest BCUT2D eigenvalue weighted by Crippen LogP contribution is 2.41. The molecule has 9 nitrogen and oxygen atoms in total. The molecule has 2 rings (SSSR count). The first-order chi connectivity index (χ1) is 13.2. The van der Waals surface area contributed by atoms with Crippen molar-refractivity contribution in [1.29, 1.82) is 0 Å². The summed E-state index contributed by atoms with van der Waals surface area (Å²) in [6.07, 6.45) is -2.03. The van der Waals surface area contributed by atoms with Gasteiger partial charge >= 0.3 is 11.9 Å². The maximum Gasteiger partial charge on any atom is 0.346 e. The SMILES string of the molecule is CCOC(=O)[C@H](O)C1=[N+]([O-])OC(C(C)=O)(C(=O)OCC)[C@@H]1c1ccc(C)cc1.